The Labute approximate surface area is 143 Å². The van der Waals surface area contributed by atoms with Crippen LogP contribution in [0.1, 0.15) is 31.7 Å². The smallest absolute Gasteiger partial charge is 0.222 e. The van der Waals surface area contributed by atoms with Crippen LogP contribution in [0.5, 0.6) is 0 Å². The van der Waals surface area contributed by atoms with Crippen molar-refractivity contribution in [3.05, 3.63) is 35.9 Å². The van der Waals surface area contributed by atoms with E-state index in [9.17, 15) is 4.79 Å². The third-order valence-corrected chi connectivity index (χ3v) is 2.78. The summed E-state index contributed by atoms with van der Waals surface area (Å²) in [5.74, 6) is 0.414. The Morgan fingerprint density at radius 2 is 1.95 bits per heavy atom. The summed E-state index contributed by atoms with van der Waals surface area (Å²) in [5.41, 5.74) is 6.76. The maximum absolute atomic E-state index is 11.6. The van der Waals surface area contributed by atoms with Gasteiger partial charge < -0.3 is 16.4 Å². The highest BCUT2D eigenvalue weighted by Crippen LogP contribution is 1.97. The highest BCUT2D eigenvalue weighted by Gasteiger charge is 2.01. The molecule has 0 unspecified atom stereocenters. The zero-order chi connectivity index (χ0) is 14.6. The fourth-order valence-electron chi connectivity index (χ4n) is 1.60. The van der Waals surface area contributed by atoms with Crippen molar-refractivity contribution in [1.82, 2.24) is 10.6 Å². The molecule has 0 heterocycles. The molecule has 118 valence electrons. The maximum Gasteiger partial charge on any atom is 0.222 e. The lowest BCUT2D eigenvalue weighted by molar-refractivity contribution is -0.121. The fraction of sp³-hybridized carbons (Fsp3) is 0.467. The third-order valence-electron chi connectivity index (χ3n) is 2.78. The van der Waals surface area contributed by atoms with Gasteiger partial charge in [-0.25, -0.2) is 0 Å². The van der Waals surface area contributed by atoms with E-state index < -0.39 is 0 Å². The van der Waals surface area contributed by atoms with Gasteiger partial charge in [-0.15, -0.1) is 24.0 Å². The van der Waals surface area contributed by atoms with Gasteiger partial charge >= 0.3 is 0 Å². The van der Waals surface area contributed by atoms with Gasteiger partial charge in [0.2, 0.25) is 5.91 Å². The average molecular weight is 404 g/mol. The molecule has 4 N–H and O–H groups in total. The Hall–Kier alpha value is -1.31. The van der Waals surface area contributed by atoms with Gasteiger partial charge in [0.1, 0.15) is 0 Å². The molecule has 5 nitrogen and oxygen atoms in total. The number of hydrogen-bond donors (Lipinski definition) is 3. The van der Waals surface area contributed by atoms with Crippen molar-refractivity contribution in [3.63, 3.8) is 0 Å². The maximum atomic E-state index is 11.6. The number of aliphatic imine (C=N–C) groups is 1. The van der Waals surface area contributed by atoms with Crippen LogP contribution in [0.3, 0.4) is 0 Å². The predicted octanol–water partition coefficient (Wildman–Crippen LogP) is 2.02. The molecule has 0 atom stereocenters. The van der Waals surface area contributed by atoms with E-state index in [0.29, 0.717) is 25.5 Å². The Morgan fingerprint density at radius 3 is 2.62 bits per heavy atom. The minimum atomic E-state index is 0. The number of benzene rings is 1. The number of carbonyl (C=O) groups excluding carboxylic acids is 1. The molecular weight excluding hydrogens is 379 g/mol. The molecule has 0 saturated heterocycles. The second-order valence-corrected chi connectivity index (χ2v) is 4.56. The summed E-state index contributed by atoms with van der Waals surface area (Å²) >= 11 is 0. The van der Waals surface area contributed by atoms with Crippen LogP contribution < -0.4 is 16.4 Å². The van der Waals surface area contributed by atoms with E-state index >= 15 is 0 Å². The van der Waals surface area contributed by atoms with Crippen molar-refractivity contribution in [2.45, 2.75) is 32.7 Å². The minimum Gasteiger partial charge on any atom is -0.370 e. The number of amides is 1. The molecule has 1 rings (SSSR count). The summed E-state index contributed by atoms with van der Waals surface area (Å²) < 4.78 is 0. The predicted molar refractivity (Wildman–Crippen MR) is 97.7 cm³/mol. The number of halogens is 1. The Morgan fingerprint density at radius 1 is 1.24 bits per heavy atom. The first-order chi connectivity index (χ1) is 9.72. The molecule has 0 aliphatic rings. The third kappa shape index (κ3) is 10.1. The number of hydrogen-bond acceptors (Lipinski definition) is 2. The first-order valence-corrected chi connectivity index (χ1v) is 7.06. The van der Waals surface area contributed by atoms with Crippen LogP contribution in [0.25, 0.3) is 0 Å². The van der Waals surface area contributed by atoms with E-state index in [1.54, 1.807) is 0 Å². The van der Waals surface area contributed by atoms with Crippen LogP contribution in [-0.4, -0.2) is 25.0 Å². The molecule has 0 spiro atoms. The van der Waals surface area contributed by atoms with Gasteiger partial charge in [0.05, 0.1) is 0 Å². The topological polar surface area (TPSA) is 79.5 Å². The SMILES string of the molecule is CCCCN=C(N)NCCC(=O)NCc1ccccc1.I. The second kappa shape index (κ2) is 12.4. The number of unbranched alkanes of at least 4 members (excludes halogenated alkanes) is 1. The number of nitrogens with one attached hydrogen (secondary N) is 2. The summed E-state index contributed by atoms with van der Waals surface area (Å²) in [6.07, 6.45) is 2.51. The van der Waals surface area contributed by atoms with Gasteiger partial charge in [0, 0.05) is 26.1 Å². The number of carbonyl (C=O) groups is 1. The highest BCUT2D eigenvalue weighted by atomic mass is 127. The number of nitrogens with zero attached hydrogens (tertiary/aromatic N) is 1. The summed E-state index contributed by atoms with van der Waals surface area (Å²) in [5, 5.41) is 5.80. The van der Waals surface area contributed by atoms with E-state index in [1.807, 2.05) is 30.3 Å². The molecular formula is C15H25IN4O. The molecule has 6 heteroatoms. The monoisotopic (exact) mass is 404 g/mol. The molecule has 0 bridgehead atoms. The molecule has 0 aliphatic carbocycles. The van der Waals surface area contributed by atoms with Crippen LogP contribution >= 0.6 is 24.0 Å². The summed E-state index contributed by atoms with van der Waals surface area (Å²) in [4.78, 5) is 15.8. The first-order valence-electron chi connectivity index (χ1n) is 7.06. The number of nitrogens with two attached hydrogens (primary N) is 1. The minimum absolute atomic E-state index is 0. The van der Waals surface area contributed by atoms with Crippen molar-refractivity contribution in [2.24, 2.45) is 10.7 Å². The second-order valence-electron chi connectivity index (χ2n) is 4.56. The lowest BCUT2D eigenvalue weighted by Crippen LogP contribution is -2.35. The zero-order valence-corrected chi connectivity index (χ0v) is 14.8. The molecule has 1 amide bonds. The zero-order valence-electron chi connectivity index (χ0n) is 12.5. The van der Waals surface area contributed by atoms with E-state index in [1.165, 1.54) is 0 Å². The lowest BCUT2D eigenvalue weighted by atomic mass is 10.2. The normalized spacial score (nSPS) is 10.6. The van der Waals surface area contributed by atoms with Gasteiger partial charge in [-0.3, -0.25) is 9.79 Å². The van der Waals surface area contributed by atoms with Crippen molar-refractivity contribution in [1.29, 1.82) is 0 Å². The van der Waals surface area contributed by atoms with Gasteiger partial charge in [-0.05, 0) is 12.0 Å². The summed E-state index contributed by atoms with van der Waals surface area (Å²) in [6.45, 7) is 3.90. The molecule has 0 aliphatic heterocycles. The Kier molecular flexibility index (Phi) is 11.7. The van der Waals surface area contributed by atoms with Crippen molar-refractivity contribution in [3.8, 4) is 0 Å². The fourth-order valence-corrected chi connectivity index (χ4v) is 1.60. The van der Waals surface area contributed by atoms with Gasteiger partial charge in [0.15, 0.2) is 5.96 Å². The van der Waals surface area contributed by atoms with E-state index in [-0.39, 0.29) is 29.9 Å². The highest BCUT2D eigenvalue weighted by molar-refractivity contribution is 14.0. The van der Waals surface area contributed by atoms with Crippen molar-refractivity contribution >= 4 is 35.8 Å². The van der Waals surface area contributed by atoms with Crippen molar-refractivity contribution in [2.75, 3.05) is 13.1 Å². The first kappa shape index (κ1) is 19.7. The van der Waals surface area contributed by atoms with Gasteiger partial charge in [-0.1, -0.05) is 43.7 Å². The molecule has 1 aromatic rings. The molecule has 0 aromatic heterocycles. The molecule has 21 heavy (non-hydrogen) atoms. The van der Waals surface area contributed by atoms with Gasteiger partial charge in [-0.2, -0.15) is 0 Å². The van der Waals surface area contributed by atoms with E-state index in [0.717, 1.165) is 24.9 Å². The van der Waals surface area contributed by atoms with Crippen LogP contribution in [0.15, 0.2) is 35.3 Å². The molecule has 0 fully saturated rings. The average Bonchev–Trinajstić information content (AvgIpc) is 2.46. The number of guanidine groups is 1. The quantitative estimate of drug-likeness (QED) is 0.269. The molecule has 0 saturated carbocycles. The van der Waals surface area contributed by atoms with Crippen LogP contribution in [-0.2, 0) is 11.3 Å². The summed E-state index contributed by atoms with van der Waals surface area (Å²) in [6, 6.07) is 9.83. The standard InChI is InChI=1S/C15H24N4O.HI/c1-2-3-10-17-15(16)18-11-9-14(20)19-12-13-7-5-4-6-8-13;/h4-8H,2-3,9-12H2,1H3,(H,19,20)(H3,16,17,18);1H. The molecule has 0 radical (unpaired) electrons. The number of rotatable bonds is 8. The Balaban J connectivity index is 0.00000400. The van der Waals surface area contributed by atoms with Crippen molar-refractivity contribution < 1.29 is 4.79 Å². The van der Waals surface area contributed by atoms with Crippen LogP contribution in [0.4, 0.5) is 0 Å². The van der Waals surface area contributed by atoms with E-state index in [2.05, 4.69) is 22.5 Å². The van der Waals surface area contributed by atoms with Crippen LogP contribution in [0.2, 0.25) is 0 Å². The Bertz CT molecular complexity index is 423. The van der Waals surface area contributed by atoms with E-state index in [4.69, 9.17) is 5.73 Å². The molecule has 1 aromatic carbocycles. The van der Waals surface area contributed by atoms with Gasteiger partial charge in [0.25, 0.3) is 0 Å². The largest absolute Gasteiger partial charge is 0.370 e. The van der Waals surface area contributed by atoms with Crippen LogP contribution in [0, 0.1) is 0 Å². The summed E-state index contributed by atoms with van der Waals surface area (Å²) in [7, 11) is 0. The lowest BCUT2D eigenvalue weighted by Gasteiger charge is -2.07.